The molecule has 1 atom stereocenters. The summed E-state index contributed by atoms with van der Waals surface area (Å²) in [7, 11) is 3.27. The average molecular weight is 284 g/mol. The van der Waals surface area contributed by atoms with Gasteiger partial charge in [0.05, 0.1) is 14.2 Å². The molecule has 2 rings (SSSR count). The number of hydrogen-bond acceptors (Lipinski definition) is 3. The molecular weight excluding hydrogens is 264 g/mol. The fourth-order valence-corrected chi connectivity index (χ4v) is 2.18. The van der Waals surface area contributed by atoms with Gasteiger partial charge in [0.1, 0.15) is 17.2 Å². The van der Waals surface area contributed by atoms with Gasteiger partial charge in [-0.25, -0.2) is 0 Å². The van der Waals surface area contributed by atoms with Gasteiger partial charge in [-0.05, 0) is 24.3 Å². The molecule has 21 heavy (non-hydrogen) atoms. The van der Waals surface area contributed by atoms with Crippen LogP contribution in [0.15, 0.2) is 48.5 Å². The lowest BCUT2D eigenvalue weighted by molar-refractivity contribution is 0.410. The highest BCUT2D eigenvalue weighted by Crippen LogP contribution is 2.31. The monoisotopic (exact) mass is 284 g/mol. The van der Waals surface area contributed by atoms with Crippen molar-refractivity contribution in [2.75, 3.05) is 14.2 Å². The largest absolute Gasteiger partial charge is 0.508 e. The number of allylic oxidation sites excluding steroid dienone is 1. The maximum atomic E-state index is 9.98. The minimum atomic E-state index is 0.0602. The van der Waals surface area contributed by atoms with Gasteiger partial charge >= 0.3 is 0 Å². The van der Waals surface area contributed by atoms with Gasteiger partial charge in [0, 0.05) is 17.0 Å². The number of ether oxygens (including phenoxy) is 2. The number of rotatable bonds is 5. The molecule has 0 heterocycles. The first-order valence-electron chi connectivity index (χ1n) is 6.84. The smallest absolute Gasteiger partial charge is 0.126 e. The number of phenols is 1. The molecule has 0 aliphatic heterocycles. The molecule has 0 radical (unpaired) electrons. The Morgan fingerprint density at radius 2 is 1.81 bits per heavy atom. The molecule has 0 aromatic heterocycles. The van der Waals surface area contributed by atoms with E-state index in [9.17, 15) is 5.11 Å². The number of para-hydroxylation sites is 1. The first-order chi connectivity index (χ1) is 10.2. The number of methoxy groups -OCH3 is 2. The summed E-state index contributed by atoms with van der Waals surface area (Å²) in [5.41, 5.74) is 1.84. The van der Waals surface area contributed by atoms with Crippen LogP contribution in [0.1, 0.15) is 24.0 Å². The van der Waals surface area contributed by atoms with E-state index in [1.807, 2.05) is 49.4 Å². The molecule has 1 unspecified atom stereocenters. The zero-order chi connectivity index (χ0) is 15.2. The van der Waals surface area contributed by atoms with Crippen molar-refractivity contribution in [2.45, 2.75) is 12.8 Å². The number of benzene rings is 2. The van der Waals surface area contributed by atoms with Crippen LogP contribution in [0, 0.1) is 0 Å². The first-order valence-corrected chi connectivity index (χ1v) is 6.84. The predicted molar refractivity (Wildman–Crippen MR) is 85.1 cm³/mol. The quantitative estimate of drug-likeness (QED) is 0.893. The SMILES string of the molecule is COc1ccc(O)c(C(C)C=Cc2ccccc2OC)c1. The minimum absolute atomic E-state index is 0.0602. The van der Waals surface area contributed by atoms with E-state index in [0.717, 1.165) is 22.6 Å². The summed E-state index contributed by atoms with van der Waals surface area (Å²) in [5.74, 6) is 1.90. The van der Waals surface area contributed by atoms with Crippen LogP contribution in [-0.4, -0.2) is 19.3 Å². The van der Waals surface area contributed by atoms with Gasteiger partial charge in [-0.3, -0.25) is 0 Å². The standard InChI is InChI=1S/C18H20O3/c1-13(16-12-15(20-2)10-11-17(16)19)8-9-14-6-4-5-7-18(14)21-3/h4-13,19H,1-3H3. The third-order valence-corrected chi connectivity index (χ3v) is 3.43. The van der Waals surface area contributed by atoms with E-state index in [-0.39, 0.29) is 11.7 Å². The molecule has 1 N–H and O–H groups in total. The van der Waals surface area contributed by atoms with Gasteiger partial charge in [0.15, 0.2) is 0 Å². The second-order valence-electron chi connectivity index (χ2n) is 4.81. The van der Waals surface area contributed by atoms with Crippen LogP contribution in [0.3, 0.4) is 0 Å². The lowest BCUT2D eigenvalue weighted by Gasteiger charge is -2.11. The summed E-state index contributed by atoms with van der Waals surface area (Å²) in [6.45, 7) is 2.03. The first kappa shape index (κ1) is 15.0. The maximum Gasteiger partial charge on any atom is 0.126 e. The number of aromatic hydroxyl groups is 1. The van der Waals surface area contributed by atoms with Crippen LogP contribution in [0.5, 0.6) is 17.2 Å². The van der Waals surface area contributed by atoms with E-state index in [1.54, 1.807) is 26.4 Å². The van der Waals surface area contributed by atoms with Gasteiger partial charge in [-0.2, -0.15) is 0 Å². The lowest BCUT2D eigenvalue weighted by atomic mass is 9.98. The molecule has 0 saturated carbocycles. The van der Waals surface area contributed by atoms with E-state index >= 15 is 0 Å². The summed E-state index contributed by atoms with van der Waals surface area (Å²) in [6.07, 6.45) is 4.04. The molecule has 0 aliphatic carbocycles. The summed E-state index contributed by atoms with van der Waals surface area (Å²) in [4.78, 5) is 0. The fourth-order valence-electron chi connectivity index (χ4n) is 2.18. The van der Waals surface area contributed by atoms with Crippen molar-refractivity contribution in [1.82, 2.24) is 0 Å². The van der Waals surface area contributed by atoms with E-state index in [1.165, 1.54) is 0 Å². The van der Waals surface area contributed by atoms with Crippen LogP contribution < -0.4 is 9.47 Å². The Labute approximate surface area is 125 Å². The maximum absolute atomic E-state index is 9.98. The van der Waals surface area contributed by atoms with Crippen LogP contribution >= 0.6 is 0 Å². The Balaban J connectivity index is 2.25. The molecule has 3 heteroatoms. The van der Waals surface area contributed by atoms with Gasteiger partial charge < -0.3 is 14.6 Å². The summed E-state index contributed by atoms with van der Waals surface area (Å²) >= 11 is 0. The summed E-state index contributed by atoms with van der Waals surface area (Å²) in [6, 6.07) is 13.1. The lowest BCUT2D eigenvalue weighted by Crippen LogP contribution is -1.92. The highest BCUT2D eigenvalue weighted by Gasteiger charge is 2.09. The molecule has 0 saturated heterocycles. The Morgan fingerprint density at radius 3 is 2.52 bits per heavy atom. The van der Waals surface area contributed by atoms with Crippen molar-refractivity contribution in [3.8, 4) is 17.2 Å². The zero-order valence-electron chi connectivity index (χ0n) is 12.5. The predicted octanol–water partition coefficient (Wildman–Crippen LogP) is 4.23. The highest BCUT2D eigenvalue weighted by molar-refractivity contribution is 5.58. The van der Waals surface area contributed by atoms with E-state index < -0.39 is 0 Å². The Bertz CT molecular complexity index is 632. The zero-order valence-corrected chi connectivity index (χ0v) is 12.5. The van der Waals surface area contributed by atoms with E-state index in [2.05, 4.69) is 0 Å². The summed E-state index contributed by atoms with van der Waals surface area (Å²) < 4.78 is 10.5. The Hall–Kier alpha value is -2.42. The van der Waals surface area contributed by atoms with Gasteiger partial charge in [-0.15, -0.1) is 0 Å². The molecule has 0 aliphatic rings. The van der Waals surface area contributed by atoms with Crippen LogP contribution in [-0.2, 0) is 0 Å². The molecule has 2 aromatic carbocycles. The van der Waals surface area contributed by atoms with Crippen molar-refractivity contribution >= 4 is 6.08 Å². The molecule has 0 fully saturated rings. The molecular formula is C18H20O3. The van der Waals surface area contributed by atoms with Gasteiger partial charge in [0.2, 0.25) is 0 Å². The third-order valence-electron chi connectivity index (χ3n) is 3.43. The normalized spacial score (nSPS) is 12.3. The Morgan fingerprint density at radius 1 is 1.05 bits per heavy atom. The molecule has 0 bridgehead atoms. The van der Waals surface area contributed by atoms with Crippen molar-refractivity contribution in [1.29, 1.82) is 0 Å². The Kier molecular flexibility index (Phi) is 4.88. The van der Waals surface area contributed by atoms with E-state index in [0.29, 0.717) is 0 Å². The fraction of sp³-hybridized carbons (Fsp3) is 0.222. The molecule has 110 valence electrons. The van der Waals surface area contributed by atoms with Gasteiger partial charge in [0.25, 0.3) is 0 Å². The highest BCUT2D eigenvalue weighted by atomic mass is 16.5. The third kappa shape index (κ3) is 3.57. The number of hydrogen-bond donors (Lipinski definition) is 1. The van der Waals surface area contributed by atoms with Crippen LogP contribution in [0.4, 0.5) is 0 Å². The second-order valence-corrected chi connectivity index (χ2v) is 4.81. The van der Waals surface area contributed by atoms with Crippen molar-refractivity contribution in [3.63, 3.8) is 0 Å². The van der Waals surface area contributed by atoms with Crippen molar-refractivity contribution in [3.05, 3.63) is 59.7 Å². The van der Waals surface area contributed by atoms with Crippen LogP contribution in [0.2, 0.25) is 0 Å². The molecule has 0 spiro atoms. The molecule has 2 aromatic rings. The van der Waals surface area contributed by atoms with E-state index in [4.69, 9.17) is 9.47 Å². The molecule has 3 nitrogen and oxygen atoms in total. The minimum Gasteiger partial charge on any atom is -0.508 e. The second kappa shape index (κ2) is 6.84. The average Bonchev–Trinajstić information content (AvgIpc) is 2.53. The number of phenolic OH excluding ortho intramolecular Hbond substituents is 1. The topological polar surface area (TPSA) is 38.7 Å². The van der Waals surface area contributed by atoms with Crippen molar-refractivity contribution in [2.24, 2.45) is 0 Å². The van der Waals surface area contributed by atoms with Crippen LogP contribution in [0.25, 0.3) is 6.08 Å². The van der Waals surface area contributed by atoms with Crippen molar-refractivity contribution < 1.29 is 14.6 Å². The summed E-state index contributed by atoms with van der Waals surface area (Å²) in [5, 5.41) is 9.98. The molecule has 0 amide bonds. The van der Waals surface area contributed by atoms with Gasteiger partial charge in [-0.1, -0.05) is 37.3 Å².